The van der Waals surface area contributed by atoms with Crippen LogP contribution >= 0.6 is 0 Å². The van der Waals surface area contributed by atoms with E-state index in [4.69, 9.17) is 4.84 Å². The zero-order valence-electron chi connectivity index (χ0n) is 33.2. The lowest BCUT2D eigenvalue weighted by molar-refractivity contribution is -0.179. The maximum Gasteiger partial charge on any atom is 0.251 e. The van der Waals surface area contributed by atoms with Crippen LogP contribution in [-0.4, -0.2) is 92.5 Å². The summed E-state index contributed by atoms with van der Waals surface area (Å²) in [6.45, 7) is 12.4. The molecule has 0 radical (unpaired) electrons. The Hall–Kier alpha value is -3.76. The Morgan fingerprint density at radius 3 is 2.40 bits per heavy atom. The lowest BCUT2D eigenvalue weighted by Gasteiger charge is -2.62. The van der Waals surface area contributed by atoms with Crippen LogP contribution in [0.2, 0.25) is 0 Å². The predicted molar refractivity (Wildman–Crippen MR) is 212 cm³/mol. The molecule has 3 aliphatic carbocycles. The fraction of sp³-hybridized carbons (Fsp3) is 0.545. The van der Waals surface area contributed by atoms with E-state index in [1.807, 2.05) is 74.6 Å². The number of hydroxylamine groups is 2. The normalized spacial score (nSPS) is 26.9. The van der Waals surface area contributed by atoms with E-state index < -0.39 is 18.1 Å². The summed E-state index contributed by atoms with van der Waals surface area (Å²) in [7, 11) is 7.95. The summed E-state index contributed by atoms with van der Waals surface area (Å²) < 4.78 is 0. The van der Waals surface area contributed by atoms with Crippen molar-refractivity contribution in [3.63, 3.8) is 0 Å². The third-order valence-electron chi connectivity index (χ3n) is 12.7. The van der Waals surface area contributed by atoms with Crippen molar-refractivity contribution < 1.29 is 19.5 Å². The highest BCUT2D eigenvalue weighted by molar-refractivity contribution is 5.97. The third-order valence-corrected chi connectivity index (χ3v) is 12.7. The van der Waals surface area contributed by atoms with E-state index in [-0.39, 0.29) is 24.0 Å². The van der Waals surface area contributed by atoms with E-state index in [1.165, 1.54) is 12.0 Å². The molecule has 1 aliphatic heterocycles. The van der Waals surface area contributed by atoms with Crippen molar-refractivity contribution in [1.82, 2.24) is 20.6 Å². The van der Waals surface area contributed by atoms with Gasteiger partial charge >= 0.3 is 0 Å². The number of rotatable bonds is 13. The molecular weight excluding hydrogens is 663 g/mol. The van der Waals surface area contributed by atoms with Gasteiger partial charge in [-0.25, -0.2) is 0 Å². The summed E-state index contributed by atoms with van der Waals surface area (Å²) >= 11 is 0. The minimum Gasteiger partial charge on any atom is -0.393 e. The van der Waals surface area contributed by atoms with Crippen LogP contribution in [0.25, 0.3) is 11.1 Å². The molecule has 9 heteroatoms. The monoisotopic (exact) mass is 723 g/mol. The number of carbonyl (C=O) groups is 2. The summed E-state index contributed by atoms with van der Waals surface area (Å²) in [5, 5.41) is 19.6. The Labute approximate surface area is 317 Å². The van der Waals surface area contributed by atoms with Gasteiger partial charge < -0.3 is 25.5 Å². The largest absolute Gasteiger partial charge is 0.393 e. The second-order valence-corrected chi connectivity index (χ2v) is 17.1. The van der Waals surface area contributed by atoms with Gasteiger partial charge in [0.25, 0.3) is 5.91 Å². The Morgan fingerprint density at radius 1 is 1.02 bits per heavy atom. The van der Waals surface area contributed by atoms with Crippen molar-refractivity contribution in [2.75, 3.05) is 46.2 Å². The molecule has 2 bridgehead atoms. The summed E-state index contributed by atoms with van der Waals surface area (Å²) in [5.74, 6) is 1.05. The Balaban J connectivity index is 1.26. The molecule has 0 aromatic heterocycles. The molecule has 9 nitrogen and oxygen atoms in total. The van der Waals surface area contributed by atoms with Crippen LogP contribution in [0.5, 0.6) is 0 Å². The Kier molecular flexibility index (Phi) is 11.7. The highest BCUT2D eigenvalue weighted by Gasteiger charge is 2.57. The maximum absolute atomic E-state index is 14.4. The lowest BCUT2D eigenvalue weighted by atomic mass is 9.45. The number of aliphatic hydroxyl groups is 1. The zero-order chi connectivity index (χ0) is 38.2. The van der Waals surface area contributed by atoms with Crippen molar-refractivity contribution in [2.45, 2.75) is 84.7 Å². The number of anilines is 1. The first-order valence-corrected chi connectivity index (χ1v) is 19.5. The fourth-order valence-corrected chi connectivity index (χ4v) is 9.40. The summed E-state index contributed by atoms with van der Waals surface area (Å²) in [4.78, 5) is 38.6. The van der Waals surface area contributed by atoms with Gasteiger partial charge in [0.15, 0.2) is 0 Å². The molecule has 286 valence electrons. The number of nitrogens with one attached hydrogen (secondary N) is 2. The standard InChI is InChI=1S/C44H61N5O4/c1-27-31(16-13-17-36(27)32-20-33(22-35(21-32)48(8)9)42(51)45-19-18-30-14-11-10-12-15-30)25-49-41(40(29(3)50)39(53-49)26-47(6)7)43(52)46-38-24-34-23-37(28(38)2)44(34,4)5/h10-17,20-22,28-29,34,37-41,50H,18-19,23-26H2,1-9H3,(H,45,51)(H,46,52)/t28-,29-,34+,37-,38?,39-,40+,41-/m0/s1. The van der Waals surface area contributed by atoms with E-state index in [1.54, 1.807) is 6.92 Å². The molecule has 8 atom stereocenters. The molecule has 4 fully saturated rings. The summed E-state index contributed by atoms with van der Waals surface area (Å²) in [6.07, 6.45) is 1.91. The van der Waals surface area contributed by atoms with Gasteiger partial charge in [-0.1, -0.05) is 69.3 Å². The number of benzene rings is 3. The highest BCUT2D eigenvalue weighted by atomic mass is 16.7. The molecule has 4 aliphatic rings. The van der Waals surface area contributed by atoms with E-state index in [0.717, 1.165) is 40.8 Å². The number of amides is 2. The van der Waals surface area contributed by atoms with Gasteiger partial charge in [-0.2, -0.15) is 5.06 Å². The van der Waals surface area contributed by atoms with Crippen molar-refractivity contribution >= 4 is 17.5 Å². The number of aliphatic hydroxyl groups excluding tert-OH is 1. The first-order valence-electron chi connectivity index (χ1n) is 19.5. The maximum atomic E-state index is 14.4. The van der Waals surface area contributed by atoms with Crippen LogP contribution in [0.1, 0.15) is 67.6 Å². The average molecular weight is 724 g/mol. The molecule has 53 heavy (non-hydrogen) atoms. The van der Waals surface area contributed by atoms with Crippen LogP contribution in [0.15, 0.2) is 66.7 Å². The second-order valence-electron chi connectivity index (χ2n) is 17.1. The van der Waals surface area contributed by atoms with Gasteiger partial charge in [0.2, 0.25) is 5.91 Å². The molecule has 3 N–H and O–H groups in total. The number of fused-ring (bicyclic) bond motifs is 2. The molecule has 1 heterocycles. The molecule has 3 aromatic rings. The summed E-state index contributed by atoms with van der Waals surface area (Å²) in [6, 6.07) is 21.8. The molecule has 1 saturated heterocycles. The van der Waals surface area contributed by atoms with Crippen LogP contribution in [0.3, 0.4) is 0 Å². The van der Waals surface area contributed by atoms with Gasteiger partial charge in [0.05, 0.1) is 18.8 Å². The fourth-order valence-electron chi connectivity index (χ4n) is 9.40. The van der Waals surface area contributed by atoms with Crippen LogP contribution < -0.4 is 15.5 Å². The van der Waals surface area contributed by atoms with Gasteiger partial charge in [-0.3, -0.25) is 14.4 Å². The topological polar surface area (TPSA) is 97.4 Å². The number of nitrogens with zero attached hydrogens (tertiary/aromatic N) is 3. The van der Waals surface area contributed by atoms with E-state index in [0.29, 0.717) is 48.4 Å². The lowest BCUT2D eigenvalue weighted by Crippen LogP contribution is -2.62. The van der Waals surface area contributed by atoms with E-state index >= 15 is 0 Å². The van der Waals surface area contributed by atoms with Gasteiger partial charge in [0.1, 0.15) is 6.04 Å². The molecule has 1 unspecified atom stereocenters. The van der Waals surface area contributed by atoms with E-state index in [9.17, 15) is 14.7 Å². The molecular formula is C44H61N5O4. The molecule has 3 saturated carbocycles. The van der Waals surface area contributed by atoms with E-state index in [2.05, 4.69) is 73.6 Å². The minimum absolute atomic E-state index is 0.0662. The van der Waals surface area contributed by atoms with Crippen molar-refractivity contribution in [2.24, 2.45) is 29.1 Å². The SMILES string of the molecule is Cc1c(CN2O[C@@H](CN(C)C)[C@@H]([C@H](C)O)[C@H]2C(=O)NC2C[C@H]3C[C@@H]([C@@H]2C)C3(C)C)cccc1-c1cc(C(=O)NCCc2ccccc2)cc(N(C)C)c1. The number of likely N-dealkylation sites (N-methyl/N-ethyl adjacent to an activating group) is 1. The molecule has 3 aromatic carbocycles. The van der Waals surface area contributed by atoms with Gasteiger partial charge in [0, 0.05) is 50.4 Å². The first kappa shape index (κ1) is 38.9. The Bertz CT molecular complexity index is 1760. The Morgan fingerprint density at radius 2 is 1.75 bits per heavy atom. The second kappa shape index (κ2) is 15.9. The highest BCUT2D eigenvalue weighted by Crippen LogP contribution is 2.61. The predicted octanol–water partition coefficient (Wildman–Crippen LogP) is 5.93. The smallest absolute Gasteiger partial charge is 0.251 e. The average Bonchev–Trinajstić information content (AvgIpc) is 3.47. The minimum atomic E-state index is -0.740. The van der Waals surface area contributed by atoms with Crippen LogP contribution in [0.4, 0.5) is 5.69 Å². The van der Waals surface area contributed by atoms with Crippen LogP contribution in [0, 0.1) is 36.0 Å². The van der Waals surface area contributed by atoms with Crippen molar-refractivity contribution in [3.05, 3.63) is 89.0 Å². The molecule has 0 spiro atoms. The quantitative estimate of drug-likeness (QED) is 0.201. The van der Waals surface area contributed by atoms with Gasteiger partial charge in [-0.05, 0) is 116 Å². The molecule has 2 amide bonds. The van der Waals surface area contributed by atoms with Crippen molar-refractivity contribution in [3.8, 4) is 11.1 Å². The first-order chi connectivity index (χ1) is 25.1. The summed E-state index contributed by atoms with van der Waals surface area (Å²) in [5.41, 5.74) is 7.07. The van der Waals surface area contributed by atoms with Gasteiger partial charge in [-0.15, -0.1) is 0 Å². The third kappa shape index (κ3) is 8.19. The number of carbonyl (C=O) groups excluding carboxylic acids is 2. The van der Waals surface area contributed by atoms with Crippen LogP contribution in [-0.2, 0) is 22.6 Å². The zero-order valence-corrected chi connectivity index (χ0v) is 33.2. The molecule has 7 rings (SSSR count). The number of hydrogen-bond donors (Lipinski definition) is 3. The number of hydrogen-bond acceptors (Lipinski definition) is 7. The van der Waals surface area contributed by atoms with Crippen molar-refractivity contribution in [1.29, 1.82) is 0 Å².